The number of nitrogens with one attached hydrogen (secondary N) is 1. The lowest BCUT2D eigenvalue weighted by Crippen LogP contribution is -2.53. The number of alkyl halides is 3. The largest absolute Gasteiger partial charge is 0.416 e. The lowest BCUT2D eigenvalue weighted by molar-refractivity contribution is -0.137. The van der Waals surface area contributed by atoms with Crippen molar-refractivity contribution in [1.29, 1.82) is 0 Å². The van der Waals surface area contributed by atoms with Crippen LogP contribution in [0.5, 0.6) is 0 Å². The molecule has 1 aromatic carbocycles. The van der Waals surface area contributed by atoms with Gasteiger partial charge in [-0.3, -0.25) is 4.90 Å². The second-order valence-electron chi connectivity index (χ2n) is 5.72. The van der Waals surface area contributed by atoms with Gasteiger partial charge < -0.3 is 10.2 Å². The van der Waals surface area contributed by atoms with Crippen LogP contribution in [0.3, 0.4) is 0 Å². The van der Waals surface area contributed by atoms with E-state index in [1.54, 1.807) is 0 Å². The van der Waals surface area contributed by atoms with Crippen molar-refractivity contribution in [3.8, 4) is 0 Å². The Hall–Kier alpha value is -1.11. The standard InChI is InChI=1S/C15H22F3N3/c1-20-7-8-21(2)14(11-20)10-19-9-12-3-5-13(6-4-12)15(16,17)18/h3-6,14,19H,7-11H2,1-2H3. The summed E-state index contributed by atoms with van der Waals surface area (Å²) in [5.74, 6) is 0. The summed E-state index contributed by atoms with van der Waals surface area (Å²) >= 11 is 0. The van der Waals surface area contributed by atoms with E-state index in [2.05, 4.69) is 29.2 Å². The lowest BCUT2D eigenvalue weighted by atomic mass is 10.1. The van der Waals surface area contributed by atoms with Crippen molar-refractivity contribution in [2.75, 3.05) is 40.3 Å². The third-order valence-corrected chi connectivity index (χ3v) is 3.97. The minimum absolute atomic E-state index is 0.443. The van der Waals surface area contributed by atoms with Gasteiger partial charge in [0.25, 0.3) is 0 Å². The number of likely N-dealkylation sites (N-methyl/N-ethyl adjacent to an activating group) is 2. The van der Waals surface area contributed by atoms with Gasteiger partial charge in [-0.05, 0) is 31.8 Å². The van der Waals surface area contributed by atoms with Gasteiger partial charge in [0.1, 0.15) is 0 Å². The molecule has 0 aromatic heterocycles. The lowest BCUT2D eigenvalue weighted by Gasteiger charge is -2.37. The predicted molar refractivity (Wildman–Crippen MR) is 77.1 cm³/mol. The van der Waals surface area contributed by atoms with E-state index in [0.29, 0.717) is 12.6 Å². The number of hydrogen-bond donors (Lipinski definition) is 1. The molecule has 2 rings (SSSR count). The van der Waals surface area contributed by atoms with E-state index in [9.17, 15) is 13.2 Å². The van der Waals surface area contributed by atoms with Crippen molar-refractivity contribution in [3.63, 3.8) is 0 Å². The summed E-state index contributed by atoms with van der Waals surface area (Å²) in [4.78, 5) is 4.62. The first-order valence-corrected chi connectivity index (χ1v) is 7.12. The maximum atomic E-state index is 12.5. The zero-order chi connectivity index (χ0) is 15.5. The van der Waals surface area contributed by atoms with Crippen LogP contribution in [0.25, 0.3) is 0 Å². The smallest absolute Gasteiger partial charge is 0.311 e. The quantitative estimate of drug-likeness (QED) is 0.918. The summed E-state index contributed by atoms with van der Waals surface area (Å²) in [5.41, 5.74) is 0.273. The van der Waals surface area contributed by atoms with E-state index in [1.165, 1.54) is 12.1 Å². The molecule has 1 saturated heterocycles. The molecule has 0 saturated carbocycles. The molecule has 1 unspecified atom stereocenters. The Kier molecular flexibility index (Phi) is 5.24. The molecular weight excluding hydrogens is 279 g/mol. The fourth-order valence-corrected chi connectivity index (χ4v) is 2.52. The highest BCUT2D eigenvalue weighted by molar-refractivity contribution is 5.24. The number of nitrogens with zero attached hydrogens (tertiary/aromatic N) is 2. The Morgan fingerprint density at radius 2 is 1.81 bits per heavy atom. The van der Waals surface area contributed by atoms with Crippen molar-refractivity contribution in [1.82, 2.24) is 15.1 Å². The van der Waals surface area contributed by atoms with Crippen LogP contribution in [0, 0.1) is 0 Å². The first kappa shape index (κ1) is 16.3. The van der Waals surface area contributed by atoms with Crippen LogP contribution in [0.1, 0.15) is 11.1 Å². The normalized spacial score (nSPS) is 21.7. The minimum Gasteiger partial charge on any atom is -0.311 e. The monoisotopic (exact) mass is 301 g/mol. The molecule has 0 spiro atoms. The maximum Gasteiger partial charge on any atom is 0.416 e. The first-order valence-electron chi connectivity index (χ1n) is 7.12. The Balaban J connectivity index is 1.80. The van der Waals surface area contributed by atoms with Crippen molar-refractivity contribution < 1.29 is 13.2 Å². The minimum atomic E-state index is -4.26. The van der Waals surface area contributed by atoms with E-state index in [0.717, 1.165) is 43.9 Å². The molecule has 1 heterocycles. The van der Waals surface area contributed by atoms with Gasteiger partial charge in [0, 0.05) is 38.8 Å². The van der Waals surface area contributed by atoms with Gasteiger partial charge in [-0.15, -0.1) is 0 Å². The molecular formula is C15H22F3N3. The topological polar surface area (TPSA) is 18.5 Å². The second-order valence-corrected chi connectivity index (χ2v) is 5.72. The highest BCUT2D eigenvalue weighted by Gasteiger charge is 2.29. The maximum absolute atomic E-state index is 12.5. The van der Waals surface area contributed by atoms with Crippen molar-refractivity contribution >= 4 is 0 Å². The highest BCUT2D eigenvalue weighted by Crippen LogP contribution is 2.29. The van der Waals surface area contributed by atoms with Crippen molar-refractivity contribution in [2.24, 2.45) is 0 Å². The zero-order valence-electron chi connectivity index (χ0n) is 12.5. The van der Waals surface area contributed by atoms with Crippen molar-refractivity contribution in [3.05, 3.63) is 35.4 Å². The molecule has 1 atom stereocenters. The third-order valence-electron chi connectivity index (χ3n) is 3.97. The Morgan fingerprint density at radius 3 is 2.43 bits per heavy atom. The summed E-state index contributed by atoms with van der Waals surface area (Å²) in [5, 5.41) is 3.33. The van der Waals surface area contributed by atoms with E-state index in [-0.39, 0.29) is 0 Å². The molecule has 1 aliphatic rings. The molecule has 1 aromatic rings. The SMILES string of the molecule is CN1CCN(C)C(CNCc2ccc(C(F)(F)F)cc2)C1. The van der Waals surface area contributed by atoms with Crippen LogP contribution >= 0.6 is 0 Å². The van der Waals surface area contributed by atoms with Gasteiger partial charge in [-0.25, -0.2) is 0 Å². The number of hydrogen-bond acceptors (Lipinski definition) is 3. The van der Waals surface area contributed by atoms with E-state index in [1.807, 2.05) is 0 Å². The van der Waals surface area contributed by atoms with Gasteiger partial charge in [-0.2, -0.15) is 13.2 Å². The summed E-state index contributed by atoms with van der Waals surface area (Å²) in [6.07, 6.45) is -4.26. The van der Waals surface area contributed by atoms with Gasteiger partial charge in [0.15, 0.2) is 0 Å². The highest BCUT2D eigenvalue weighted by atomic mass is 19.4. The average Bonchev–Trinajstić information content (AvgIpc) is 2.42. The first-order chi connectivity index (χ1) is 9.86. The molecule has 1 aliphatic heterocycles. The number of rotatable bonds is 4. The molecule has 6 heteroatoms. The summed E-state index contributed by atoms with van der Waals surface area (Å²) < 4.78 is 37.4. The summed E-state index contributed by atoms with van der Waals surface area (Å²) in [6.45, 7) is 4.56. The molecule has 0 aliphatic carbocycles. The Bertz CT molecular complexity index is 444. The molecule has 21 heavy (non-hydrogen) atoms. The predicted octanol–water partition coefficient (Wildman–Crippen LogP) is 2.04. The van der Waals surface area contributed by atoms with Crippen LogP contribution < -0.4 is 5.32 Å². The zero-order valence-corrected chi connectivity index (χ0v) is 12.5. The van der Waals surface area contributed by atoms with Crippen LogP contribution in [0.15, 0.2) is 24.3 Å². The fourth-order valence-electron chi connectivity index (χ4n) is 2.52. The van der Waals surface area contributed by atoms with Crippen LogP contribution in [-0.2, 0) is 12.7 Å². The summed E-state index contributed by atoms with van der Waals surface area (Å²) in [6, 6.07) is 5.78. The van der Waals surface area contributed by atoms with Crippen LogP contribution in [-0.4, -0.2) is 56.1 Å². The fraction of sp³-hybridized carbons (Fsp3) is 0.600. The molecule has 0 radical (unpaired) electrons. The van der Waals surface area contributed by atoms with E-state index < -0.39 is 11.7 Å². The van der Waals surface area contributed by atoms with Gasteiger partial charge in [0.2, 0.25) is 0 Å². The number of piperazine rings is 1. The average molecular weight is 301 g/mol. The number of halogens is 3. The Labute approximate surface area is 123 Å². The van der Waals surface area contributed by atoms with E-state index in [4.69, 9.17) is 0 Å². The molecule has 0 bridgehead atoms. The van der Waals surface area contributed by atoms with Crippen molar-refractivity contribution in [2.45, 2.75) is 18.8 Å². The number of benzene rings is 1. The molecule has 118 valence electrons. The van der Waals surface area contributed by atoms with E-state index >= 15 is 0 Å². The van der Waals surface area contributed by atoms with Crippen LogP contribution in [0.4, 0.5) is 13.2 Å². The molecule has 3 nitrogen and oxygen atoms in total. The molecule has 1 N–H and O–H groups in total. The van der Waals surface area contributed by atoms with Gasteiger partial charge in [0.05, 0.1) is 5.56 Å². The van der Waals surface area contributed by atoms with Gasteiger partial charge >= 0.3 is 6.18 Å². The molecule has 0 amide bonds. The summed E-state index contributed by atoms with van der Waals surface area (Å²) in [7, 11) is 4.22. The second kappa shape index (κ2) is 6.77. The Morgan fingerprint density at radius 1 is 1.14 bits per heavy atom. The van der Waals surface area contributed by atoms with Gasteiger partial charge in [-0.1, -0.05) is 12.1 Å². The molecule has 1 fully saturated rings. The van der Waals surface area contributed by atoms with Crippen LogP contribution in [0.2, 0.25) is 0 Å². The third kappa shape index (κ3) is 4.69.